The van der Waals surface area contributed by atoms with Crippen LogP contribution in [0.3, 0.4) is 0 Å². The van der Waals surface area contributed by atoms with Crippen LogP contribution in [0, 0.1) is 0 Å². The van der Waals surface area contributed by atoms with Gasteiger partial charge in [-0.2, -0.15) is 5.10 Å². The molecule has 3 N–H and O–H groups in total. The van der Waals surface area contributed by atoms with Gasteiger partial charge in [-0.15, -0.1) is 0 Å². The highest BCUT2D eigenvalue weighted by Crippen LogP contribution is 2.30. The molecule has 5 heterocycles. The minimum absolute atomic E-state index is 0.168. The number of anilines is 1. The molecule has 0 aliphatic carbocycles. The average Bonchev–Trinajstić information content (AvgIpc) is 3.21. The van der Waals surface area contributed by atoms with Crippen molar-refractivity contribution in [3.05, 3.63) is 55.1 Å². The highest BCUT2D eigenvalue weighted by Gasteiger charge is 2.25. The Balaban J connectivity index is 1.54. The lowest BCUT2D eigenvalue weighted by atomic mass is 10.0. The Kier molecular flexibility index (Phi) is 4.65. The SMILES string of the molecule is Cn1cc(-c2cc3ncccc3c(-c3ccc(N4CC[C@H](N)[C@@H](O)C4)nc3)n2)cn1. The first-order chi connectivity index (χ1) is 14.6. The summed E-state index contributed by atoms with van der Waals surface area (Å²) >= 11 is 0. The lowest BCUT2D eigenvalue weighted by Crippen LogP contribution is -2.50. The topological polar surface area (TPSA) is 106 Å². The predicted octanol–water partition coefficient (Wildman–Crippen LogP) is 1.99. The molecule has 2 atom stereocenters. The summed E-state index contributed by atoms with van der Waals surface area (Å²) in [6, 6.07) is 9.74. The molecule has 1 aliphatic rings. The maximum atomic E-state index is 10.1. The molecule has 0 unspecified atom stereocenters. The van der Waals surface area contributed by atoms with Crippen LogP contribution in [0.2, 0.25) is 0 Å². The zero-order valence-electron chi connectivity index (χ0n) is 16.7. The summed E-state index contributed by atoms with van der Waals surface area (Å²) in [5, 5.41) is 15.3. The number of fused-ring (bicyclic) bond motifs is 1. The highest BCUT2D eigenvalue weighted by atomic mass is 16.3. The predicted molar refractivity (Wildman–Crippen MR) is 116 cm³/mol. The van der Waals surface area contributed by atoms with Crippen molar-refractivity contribution in [3.8, 4) is 22.5 Å². The molecular weight excluding hydrogens is 378 g/mol. The quantitative estimate of drug-likeness (QED) is 0.541. The van der Waals surface area contributed by atoms with E-state index in [1.165, 1.54) is 0 Å². The second-order valence-corrected chi connectivity index (χ2v) is 7.70. The minimum Gasteiger partial charge on any atom is -0.390 e. The van der Waals surface area contributed by atoms with Crippen LogP contribution in [0.4, 0.5) is 5.82 Å². The fraction of sp³-hybridized carbons (Fsp3) is 0.273. The summed E-state index contributed by atoms with van der Waals surface area (Å²) in [7, 11) is 1.89. The molecule has 5 rings (SSSR count). The molecule has 0 bridgehead atoms. The smallest absolute Gasteiger partial charge is 0.128 e. The van der Waals surface area contributed by atoms with Gasteiger partial charge in [-0.25, -0.2) is 9.97 Å². The van der Waals surface area contributed by atoms with Gasteiger partial charge in [0.1, 0.15) is 5.82 Å². The van der Waals surface area contributed by atoms with E-state index in [0.717, 1.165) is 52.2 Å². The van der Waals surface area contributed by atoms with Crippen LogP contribution in [0.25, 0.3) is 33.4 Å². The number of nitrogens with zero attached hydrogens (tertiary/aromatic N) is 6. The van der Waals surface area contributed by atoms with Crippen molar-refractivity contribution >= 4 is 16.7 Å². The number of aliphatic hydroxyl groups excluding tert-OH is 1. The van der Waals surface area contributed by atoms with Gasteiger partial charge in [0.2, 0.25) is 0 Å². The summed E-state index contributed by atoms with van der Waals surface area (Å²) < 4.78 is 1.76. The van der Waals surface area contributed by atoms with E-state index in [-0.39, 0.29) is 6.04 Å². The molecule has 0 radical (unpaired) electrons. The Hall–Kier alpha value is -3.36. The van der Waals surface area contributed by atoms with Gasteiger partial charge in [0.05, 0.1) is 29.2 Å². The standard InChI is InChI=1S/C22H23N7O/c1-28-12-15(11-26-28)18-9-19-16(3-2-7-24-19)22(27-18)14-4-5-21(25-10-14)29-8-6-17(23)20(30)13-29/h2-5,7,9-12,17,20,30H,6,8,13,23H2,1H3/t17-,20-/m0/s1. The molecule has 8 heteroatoms. The zero-order chi connectivity index (χ0) is 20.7. The van der Waals surface area contributed by atoms with E-state index in [9.17, 15) is 5.11 Å². The van der Waals surface area contributed by atoms with Gasteiger partial charge < -0.3 is 15.7 Å². The fourth-order valence-electron chi connectivity index (χ4n) is 3.87. The van der Waals surface area contributed by atoms with Crippen molar-refractivity contribution in [2.75, 3.05) is 18.0 Å². The number of nitrogens with two attached hydrogens (primary N) is 1. The van der Waals surface area contributed by atoms with E-state index in [1.54, 1.807) is 17.1 Å². The van der Waals surface area contributed by atoms with E-state index >= 15 is 0 Å². The number of aryl methyl sites for hydroxylation is 1. The molecule has 0 amide bonds. The van der Waals surface area contributed by atoms with Crippen LogP contribution < -0.4 is 10.6 Å². The lowest BCUT2D eigenvalue weighted by Gasteiger charge is -2.34. The molecule has 0 saturated carbocycles. The summed E-state index contributed by atoms with van der Waals surface area (Å²) in [5.41, 5.74) is 10.3. The summed E-state index contributed by atoms with van der Waals surface area (Å²) in [4.78, 5) is 16.2. The Bertz CT molecular complexity index is 1190. The second kappa shape index (κ2) is 7.47. The average molecular weight is 401 g/mol. The number of β-amino-alcohol motifs (C(OH)–C–C–N with tert-alkyl or cyclic N) is 1. The highest BCUT2D eigenvalue weighted by molar-refractivity contribution is 5.94. The number of aromatic nitrogens is 5. The van der Waals surface area contributed by atoms with Gasteiger partial charge in [-0.3, -0.25) is 9.67 Å². The van der Waals surface area contributed by atoms with Crippen LogP contribution in [0.1, 0.15) is 6.42 Å². The first-order valence-corrected chi connectivity index (χ1v) is 9.98. The van der Waals surface area contributed by atoms with E-state index in [2.05, 4.69) is 20.0 Å². The Morgan fingerprint density at radius 2 is 2.03 bits per heavy atom. The Morgan fingerprint density at radius 1 is 1.13 bits per heavy atom. The summed E-state index contributed by atoms with van der Waals surface area (Å²) in [6.45, 7) is 1.28. The monoisotopic (exact) mass is 401 g/mol. The molecule has 1 aliphatic heterocycles. The maximum Gasteiger partial charge on any atom is 0.128 e. The van der Waals surface area contributed by atoms with Crippen molar-refractivity contribution in [1.82, 2.24) is 24.7 Å². The van der Waals surface area contributed by atoms with E-state index in [0.29, 0.717) is 6.54 Å². The molecule has 152 valence electrons. The molecule has 0 aromatic carbocycles. The van der Waals surface area contributed by atoms with Crippen molar-refractivity contribution in [2.24, 2.45) is 12.8 Å². The minimum atomic E-state index is -0.534. The van der Waals surface area contributed by atoms with E-state index in [4.69, 9.17) is 10.7 Å². The number of hydrogen-bond donors (Lipinski definition) is 2. The van der Waals surface area contributed by atoms with Gasteiger partial charge in [0.25, 0.3) is 0 Å². The molecule has 30 heavy (non-hydrogen) atoms. The number of aliphatic hydroxyl groups is 1. The van der Waals surface area contributed by atoms with Gasteiger partial charge in [-0.1, -0.05) is 0 Å². The first-order valence-electron chi connectivity index (χ1n) is 9.98. The normalized spacial score (nSPS) is 19.4. The maximum absolute atomic E-state index is 10.1. The summed E-state index contributed by atoms with van der Waals surface area (Å²) in [5.74, 6) is 0.829. The Morgan fingerprint density at radius 3 is 2.77 bits per heavy atom. The fourth-order valence-corrected chi connectivity index (χ4v) is 3.87. The number of piperidine rings is 1. The molecule has 0 spiro atoms. The van der Waals surface area contributed by atoms with Crippen molar-refractivity contribution < 1.29 is 5.11 Å². The molecular formula is C22H23N7O. The summed E-state index contributed by atoms with van der Waals surface area (Å²) in [6.07, 6.45) is 7.57. The molecule has 4 aromatic heterocycles. The van der Waals surface area contributed by atoms with Crippen molar-refractivity contribution in [1.29, 1.82) is 0 Å². The molecule has 8 nitrogen and oxygen atoms in total. The van der Waals surface area contributed by atoms with Crippen molar-refractivity contribution in [3.63, 3.8) is 0 Å². The van der Waals surface area contributed by atoms with Gasteiger partial charge in [-0.05, 0) is 36.8 Å². The van der Waals surface area contributed by atoms with Gasteiger partial charge in [0, 0.05) is 61.3 Å². The molecule has 4 aromatic rings. The van der Waals surface area contributed by atoms with Gasteiger partial charge >= 0.3 is 0 Å². The van der Waals surface area contributed by atoms with Crippen LogP contribution in [0.15, 0.2) is 55.1 Å². The van der Waals surface area contributed by atoms with Crippen molar-refractivity contribution in [2.45, 2.75) is 18.6 Å². The van der Waals surface area contributed by atoms with Crippen LogP contribution in [-0.4, -0.2) is 55.1 Å². The number of pyridine rings is 3. The molecule has 1 fully saturated rings. The number of hydrogen-bond acceptors (Lipinski definition) is 7. The number of rotatable bonds is 3. The van der Waals surface area contributed by atoms with Crippen LogP contribution >= 0.6 is 0 Å². The zero-order valence-corrected chi connectivity index (χ0v) is 16.7. The second-order valence-electron chi connectivity index (χ2n) is 7.70. The largest absolute Gasteiger partial charge is 0.390 e. The third-order valence-electron chi connectivity index (χ3n) is 5.58. The van der Waals surface area contributed by atoms with E-state index < -0.39 is 6.10 Å². The van der Waals surface area contributed by atoms with Gasteiger partial charge in [0.15, 0.2) is 0 Å². The first kappa shape index (κ1) is 18.7. The van der Waals surface area contributed by atoms with Crippen LogP contribution in [0.5, 0.6) is 0 Å². The van der Waals surface area contributed by atoms with E-state index in [1.807, 2.05) is 49.8 Å². The molecule has 1 saturated heterocycles. The van der Waals surface area contributed by atoms with Crippen LogP contribution in [-0.2, 0) is 7.05 Å². The Labute approximate surface area is 174 Å². The third-order valence-corrected chi connectivity index (χ3v) is 5.58. The third kappa shape index (κ3) is 3.40. The lowest BCUT2D eigenvalue weighted by molar-refractivity contribution is 0.131.